The Labute approximate surface area is 188 Å². The van der Waals surface area contributed by atoms with Gasteiger partial charge in [-0.2, -0.15) is 0 Å². The molecule has 0 aliphatic rings. The van der Waals surface area contributed by atoms with Crippen LogP contribution in [0, 0.1) is 0 Å². The Bertz CT molecular complexity index is 1350. The minimum atomic E-state index is -1.15. The van der Waals surface area contributed by atoms with E-state index in [4.69, 9.17) is 19.0 Å². The highest BCUT2D eigenvalue weighted by molar-refractivity contribution is 5.82. The smallest absolute Gasteiger partial charge is 0.322 e. The minimum absolute atomic E-state index is 0.0386. The summed E-state index contributed by atoms with van der Waals surface area (Å²) >= 11 is 0. The molecule has 0 radical (unpaired) electrons. The van der Waals surface area contributed by atoms with Gasteiger partial charge in [-0.15, -0.1) is 0 Å². The fourth-order valence-corrected chi connectivity index (χ4v) is 3.10. The zero-order valence-corrected chi connectivity index (χ0v) is 17.3. The molecular weight excluding hydrogens is 426 g/mol. The first-order chi connectivity index (χ1) is 16.0. The van der Waals surface area contributed by atoms with Gasteiger partial charge in [0.15, 0.2) is 6.61 Å². The third-order valence-corrected chi connectivity index (χ3v) is 4.71. The summed E-state index contributed by atoms with van der Waals surface area (Å²) in [7, 11) is 0. The second kappa shape index (κ2) is 9.69. The Kier molecular flexibility index (Phi) is 6.36. The molecule has 1 aromatic heterocycles. The van der Waals surface area contributed by atoms with Crippen LogP contribution < -0.4 is 20.2 Å². The summed E-state index contributed by atoms with van der Waals surface area (Å²) in [5.74, 6) is -0.909. The number of amides is 1. The number of carboxylic acid groups (broad SMARTS) is 1. The van der Waals surface area contributed by atoms with Crippen LogP contribution in [0.25, 0.3) is 22.1 Å². The van der Waals surface area contributed by atoms with E-state index in [0.717, 1.165) is 11.1 Å². The Hall–Kier alpha value is -4.59. The lowest BCUT2D eigenvalue weighted by molar-refractivity contribution is -0.138. The predicted molar refractivity (Wildman–Crippen MR) is 121 cm³/mol. The molecule has 0 saturated carbocycles. The Morgan fingerprint density at radius 3 is 2.33 bits per heavy atom. The number of nitrogens with one attached hydrogen (secondary N) is 1. The molecule has 0 fully saturated rings. The standard InChI is InChI=1S/C25H19NO7/c27-23(26-13-24(28)29)15-31-19-10-11-20-21(12-19)32-14-22(25(20)30)33-18-8-6-17(7-9-18)16-4-2-1-3-5-16/h1-12,14H,13,15H2,(H,26,27)(H,28,29). The first-order valence-corrected chi connectivity index (χ1v) is 10.00. The van der Waals surface area contributed by atoms with Crippen molar-refractivity contribution in [1.82, 2.24) is 5.32 Å². The Balaban J connectivity index is 1.46. The van der Waals surface area contributed by atoms with Crippen LogP contribution in [0.1, 0.15) is 0 Å². The van der Waals surface area contributed by atoms with Gasteiger partial charge in [-0.25, -0.2) is 0 Å². The lowest BCUT2D eigenvalue weighted by Crippen LogP contribution is -2.33. The fraction of sp³-hybridized carbons (Fsp3) is 0.0800. The topological polar surface area (TPSA) is 115 Å². The number of benzene rings is 3. The summed E-state index contributed by atoms with van der Waals surface area (Å²) in [6.07, 6.45) is 1.22. The largest absolute Gasteiger partial charge is 0.484 e. The number of hydrogen-bond donors (Lipinski definition) is 2. The number of rotatable bonds is 8. The molecule has 0 unspecified atom stereocenters. The van der Waals surface area contributed by atoms with Crippen molar-refractivity contribution in [2.24, 2.45) is 0 Å². The SMILES string of the molecule is O=C(O)CNC(=O)COc1ccc2c(=O)c(Oc3ccc(-c4ccccc4)cc3)coc2c1. The molecule has 3 aromatic carbocycles. The molecular formula is C25H19NO7. The summed E-state index contributed by atoms with van der Waals surface area (Å²) in [6, 6.07) is 21.8. The molecule has 1 amide bonds. The van der Waals surface area contributed by atoms with Gasteiger partial charge in [-0.1, -0.05) is 42.5 Å². The number of ether oxygens (including phenoxy) is 2. The molecule has 0 saturated heterocycles. The average Bonchev–Trinajstić information content (AvgIpc) is 2.84. The van der Waals surface area contributed by atoms with E-state index in [0.29, 0.717) is 11.5 Å². The molecule has 0 spiro atoms. The second-order valence-electron chi connectivity index (χ2n) is 7.04. The van der Waals surface area contributed by atoms with Crippen molar-refractivity contribution >= 4 is 22.8 Å². The zero-order valence-electron chi connectivity index (χ0n) is 17.3. The van der Waals surface area contributed by atoms with Crippen molar-refractivity contribution in [3.63, 3.8) is 0 Å². The van der Waals surface area contributed by atoms with Crippen LogP contribution in [0.15, 0.2) is 88.3 Å². The summed E-state index contributed by atoms with van der Waals surface area (Å²) in [4.78, 5) is 34.8. The number of carbonyl (C=O) groups is 2. The van der Waals surface area contributed by atoms with Crippen LogP contribution in [0.2, 0.25) is 0 Å². The van der Waals surface area contributed by atoms with Crippen molar-refractivity contribution in [3.8, 4) is 28.4 Å². The molecule has 0 bridgehead atoms. The van der Waals surface area contributed by atoms with Crippen molar-refractivity contribution in [2.45, 2.75) is 0 Å². The molecule has 166 valence electrons. The first-order valence-electron chi connectivity index (χ1n) is 10.00. The first kappa shape index (κ1) is 21.6. The lowest BCUT2D eigenvalue weighted by Gasteiger charge is -2.09. The molecule has 0 aliphatic heterocycles. The van der Waals surface area contributed by atoms with E-state index in [2.05, 4.69) is 5.32 Å². The van der Waals surface area contributed by atoms with Gasteiger partial charge in [0.05, 0.1) is 5.39 Å². The fourth-order valence-electron chi connectivity index (χ4n) is 3.10. The summed E-state index contributed by atoms with van der Waals surface area (Å²) < 4.78 is 16.6. The minimum Gasteiger partial charge on any atom is -0.484 e. The van der Waals surface area contributed by atoms with E-state index in [1.54, 1.807) is 12.1 Å². The number of fused-ring (bicyclic) bond motifs is 1. The molecule has 4 aromatic rings. The maximum absolute atomic E-state index is 12.8. The van der Waals surface area contributed by atoms with Crippen LogP contribution in [0.3, 0.4) is 0 Å². The van der Waals surface area contributed by atoms with Gasteiger partial charge >= 0.3 is 5.97 Å². The molecule has 1 heterocycles. The van der Waals surface area contributed by atoms with Crippen molar-refractivity contribution in [3.05, 3.63) is 89.3 Å². The molecule has 4 rings (SSSR count). The lowest BCUT2D eigenvalue weighted by atomic mass is 10.1. The highest BCUT2D eigenvalue weighted by Crippen LogP contribution is 2.26. The number of carbonyl (C=O) groups excluding carboxylic acids is 1. The van der Waals surface area contributed by atoms with Gasteiger partial charge in [-0.3, -0.25) is 14.4 Å². The highest BCUT2D eigenvalue weighted by atomic mass is 16.5. The van der Waals surface area contributed by atoms with Gasteiger partial charge in [0.1, 0.15) is 29.9 Å². The highest BCUT2D eigenvalue weighted by Gasteiger charge is 2.11. The number of aliphatic carboxylic acids is 1. The summed E-state index contributed by atoms with van der Waals surface area (Å²) in [5.41, 5.74) is 2.01. The molecule has 0 atom stereocenters. The van der Waals surface area contributed by atoms with E-state index in [1.165, 1.54) is 24.5 Å². The number of hydrogen-bond acceptors (Lipinski definition) is 6. The Morgan fingerprint density at radius 1 is 0.909 bits per heavy atom. The van der Waals surface area contributed by atoms with Gasteiger partial charge in [-0.05, 0) is 35.4 Å². The van der Waals surface area contributed by atoms with Gasteiger partial charge in [0.2, 0.25) is 11.2 Å². The van der Waals surface area contributed by atoms with Crippen LogP contribution in [0.4, 0.5) is 0 Å². The van der Waals surface area contributed by atoms with E-state index in [1.807, 2.05) is 42.5 Å². The molecule has 8 heteroatoms. The van der Waals surface area contributed by atoms with Crippen molar-refractivity contribution in [2.75, 3.05) is 13.2 Å². The van der Waals surface area contributed by atoms with Crippen molar-refractivity contribution < 1.29 is 28.6 Å². The van der Waals surface area contributed by atoms with E-state index < -0.39 is 18.4 Å². The van der Waals surface area contributed by atoms with E-state index >= 15 is 0 Å². The third kappa shape index (κ3) is 5.37. The van der Waals surface area contributed by atoms with Crippen LogP contribution >= 0.6 is 0 Å². The number of carboxylic acids is 1. The third-order valence-electron chi connectivity index (χ3n) is 4.71. The molecule has 8 nitrogen and oxygen atoms in total. The summed E-state index contributed by atoms with van der Waals surface area (Å²) in [5, 5.41) is 11.0. The van der Waals surface area contributed by atoms with Crippen molar-refractivity contribution in [1.29, 1.82) is 0 Å². The van der Waals surface area contributed by atoms with Gasteiger partial charge in [0.25, 0.3) is 5.91 Å². The zero-order chi connectivity index (χ0) is 23.2. The van der Waals surface area contributed by atoms with E-state index in [-0.39, 0.29) is 28.8 Å². The maximum atomic E-state index is 12.8. The van der Waals surface area contributed by atoms with Crippen LogP contribution in [0.5, 0.6) is 17.2 Å². The van der Waals surface area contributed by atoms with Gasteiger partial charge in [0, 0.05) is 6.07 Å². The van der Waals surface area contributed by atoms with Gasteiger partial charge < -0.3 is 24.3 Å². The molecule has 2 N–H and O–H groups in total. The quantitative estimate of drug-likeness (QED) is 0.423. The monoisotopic (exact) mass is 445 g/mol. The van der Waals surface area contributed by atoms with Crippen LogP contribution in [-0.4, -0.2) is 30.1 Å². The molecule has 33 heavy (non-hydrogen) atoms. The Morgan fingerprint density at radius 2 is 1.61 bits per heavy atom. The maximum Gasteiger partial charge on any atom is 0.322 e. The van der Waals surface area contributed by atoms with Crippen LogP contribution in [-0.2, 0) is 9.59 Å². The molecule has 0 aliphatic carbocycles. The van der Waals surface area contributed by atoms with E-state index in [9.17, 15) is 14.4 Å². The normalized spacial score (nSPS) is 10.5. The predicted octanol–water partition coefficient (Wildman–Crippen LogP) is 3.83. The average molecular weight is 445 g/mol. The summed E-state index contributed by atoms with van der Waals surface area (Å²) in [6.45, 7) is -0.865. The second-order valence-corrected chi connectivity index (χ2v) is 7.04.